The van der Waals surface area contributed by atoms with Crippen LogP contribution in [-0.2, 0) is 0 Å². The Balaban J connectivity index is 1.57. The Morgan fingerprint density at radius 3 is 1.79 bits per heavy atom. The first-order chi connectivity index (χ1) is 16.9. The normalized spacial score (nSPS) is 12.1. The number of furan rings is 2. The summed E-state index contributed by atoms with van der Waals surface area (Å²) >= 11 is 0. The van der Waals surface area contributed by atoms with Crippen LogP contribution in [-0.4, -0.2) is 0 Å². The molecule has 0 amide bonds. The first-order valence-corrected chi connectivity index (χ1v) is 11.5. The molecule has 8 aromatic rings. The first kappa shape index (κ1) is 17.9. The van der Waals surface area contributed by atoms with Gasteiger partial charge < -0.3 is 8.83 Å². The lowest BCUT2D eigenvalue weighted by Crippen LogP contribution is -1.86. The van der Waals surface area contributed by atoms with Crippen LogP contribution < -0.4 is 0 Å². The monoisotopic (exact) mass is 434 g/mol. The van der Waals surface area contributed by atoms with Crippen molar-refractivity contribution >= 4 is 65.4 Å². The molecule has 0 aliphatic rings. The minimum atomic E-state index is 0.806. The smallest absolute Gasteiger partial charge is 0.178 e. The molecular weight excluding hydrogens is 416 g/mol. The molecule has 0 aliphatic heterocycles. The summed E-state index contributed by atoms with van der Waals surface area (Å²) in [6.45, 7) is 0. The topological polar surface area (TPSA) is 26.3 Å². The maximum absolute atomic E-state index is 6.49. The highest BCUT2D eigenvalue weighted by Crippen LogP contribution is 2.45. The van der Waals surface area contributed by atoms with E-state index >= 15 is 0 Å². The summed E-state index contributed by atoms with van der Waals surface area (Å²) in [4.78, 5) is 0. The van der Waals surface area contributed by atoms with Crippen LogP contribution >= 0.6 is 0 Å². The lowest BCUT2D eigenvalue weighted by Gasteiger charge is -2.13. The lowest BCUT2D eigenvalue weighted by atomic mass is 9.90. The van der Waals surface area contributed by atoms with Crippen LogP contribution in [0.2, 0.25) is 0 Å². The fourth-order valence-corrected chi connectivity index (χ4v) is 5.58. The van der Waals surface area contributed by atoms with Crippen LogP contribution in [0.3, 0.4) is 0 Å². The molecule has 0 unspecified atom stereocenters. The van der Waals surface area contributed by atoms with Gasteiger partial charge in [-0.3, -0.25) is 0 Å². The van der Waals surface area contributed by atoms with Gasteiger partial charge in [0.25, 0.3) is 0 Å². The minimum Gasteiger partial charge on any atom is -0.452 e. The molecule has 2 nitrogen and oxygen atoms in total. The van der Waals surface area contributed by atoms with Gasteiger partial charge in [-0.05, 0) is 63.0 Å². The largest absolute Gasteiger partial charge is 0.452 e. The molecule has 0 radical (unpaired) electrons. The third-order valence-electron chi connectivity index (χ3n) is 7.05. The number of fused-ring (bicyclic) bond motifs is 9. The molecule has 34 heavy (non-hydrogen) atoms. The van der Waals surface area contributed by atoms with E-state index < -0.39 is 0 Å². The van der Waals surface area contributed by atoms with Crippen molar-refractivity contribution in [3.05, 3.63) is 109 Å². The van der Waals surface area contributed by atoms with Crippen molar-refractivity contribution < 1.29 is 8.83 Å². The SMILES string of the molecule is c1ccc2c(-c3cccc4oc5c(ccc6c7ccccc7oc65)c34)c3ccccc3cc2c1. The third-order valence-corrected chi connectivity index (χ3v) is 7.05. The molecule has 2 aromatic heterocycles. The Bertz CT molecular complexity index is 2020. The van der Waals surface area contributed by atoms with Crippen molar-refractivity contribution in [1.82, 2.24) is 0 Å². The average molecular weight is 434 g/mol. The van der Waals surface area contributed by atoms with Crippen LogP contribution in [0.15, 0.2) is 118 Å². The second kappa shape index (κ2) is 6.49. The summed E-state index contributed by atoms with van der Waals surface area (Å²) in [5, 5.41) is 9.36. The molecule has 158 valence electrons. The summed E-state index contributed by atoms with van der Waals surface area (Å²) in [6.07, 6.45) is 0. The molecular formula is C32H18O2. The molecule has 0 N–H and O–H groups in total. The Hall–Kier alpha value is -4.56. The second-order valence-corrected chi connectivity index (χ2v) is 8.89. The van der Waals surface area contributed by atoms with Crippen LogP contribution in [0, 0.1) is 0 Å². The van der Waals surface area contributed by atoms with Crippen molar-refractivity contribution in [1.29, 1.82) is 0 Å². The van der Waals surface area contributed by atoms with Gasteiger partial charge >= 0.3 is 0 Å². The molecule has 0 atom stereocenters. The van der Waals surface area contributed by atoms with E-state index in [1.807, 2.05) is 18.2 Å². The minimum absolute atomic E-state index is 0.806. The van der Waals surface area contributed by atoms with E-state index in [0.717, 1.165) is 43.9 Å². The van der Waals surface area contributed by atoms with Gasteiger partial charge in [-0.1, -0.05) is 78.9 Å². The Kier molecular flexibility index (Phi) is 3.42. The van der Waals surface area contributed by atoms with Gasteiger partial charge in [0.05, 0.1) is 0 Å². The molecule has 8 rings (SSSR count). The summed E-state index contributed by atoms with van der Waals surface area (Å²) in [5.41, 5.74) is 5.79. The second-order valence-electron chi connectivity index (χ2n) is 8.89. The van der Waals surface area contributed by atoms with Gasteiger partial charge in [0.15, 0.2) is 11.2 Å². The van der Waals surface area contributed by atoms with Gasteiger partial charge in [0, 0.05) is 21.5 Å². The maximum atomic E-state index is 6.49. The van der Waals surface area contributed by atoms with Crippen molar-refractivity contribution in [2.24, 2.45) is 0 Å². The van der Waals surface area contributed by atoms with E-state index in [1.54, 1.807) is 0 Å². The highest BCUT2D eigenvalue weighted by atomic mass is 16.4. The van der Waals surface area contributed by atoms with E-state index in [9.17, 15) is 0 Å². The summed E-state index contributed by atoms with van der Waals surface area (Å²) in [7, 11) is 0. The molecule has 6 aromatic carbocycles. The van der Waals surface area contributed by atoms with Gasteiger partial charge in [0.1, 0.15) is 11.2 Å². The number of rotatable bonds is 1. The zero-order valence-corrected chi connectivity index (χ0v) is 18.2. The fourth-order valence-electron chi connectivity index (χ4n) is 5.58. The van der Waals surface area contributed by atoms with E-state index in [1.165, 1.54) is 32.7 Å². The van der Waals surface area contributed by atoms with Crippen molar-refractivity contribution in [2.45, 2.75) is 0 Å². The van der Waals surface area contributed by atoms with Crippen LogP contribution in [0.5, 0.6) is 0 Å². The van der Waals surface area contributed by atoms with Crippen molar-refractivity contribution in [3.63, 3.8) is 0 Å². The van der Waals surface area contributed by atoms with E-state index in [-0.39, 0.29) is 0 Å². The molecule has 2 heteroatoms. The zero-order chi connectivity index (χ0) is 22.2. The summed E-state index contributed by atoms with van der Waals surface area (Å²) in [6, 6.07) is 38.4. The third kappa shape index (κ3) is 2.29. The average Bonchev–Trinajstić information content (AvgIpc) is 3.46. The molecule has 0 saturated carbocycles. The lowest BCUT2D eigenvalue weighted by molar-refractivity contribution is 0.633. The van der Waals surface area contributed by atoms with E-state index in [0.29, 0.717) is 0 Å². The Morgan fingerprint density at radius 2 is 1.00 bits per heavy atom. The van der Waals surface area contributed by atoms with Crippen molar-refractivity contribution in [3.8, 4) is 11.1 Å². The van der Waals surface area contributed by atoms with Gasteiger partial charge in [-0.15, -0.1) is 0 Å². The highest BCUT2D eigenvalue weighted by Gasteiger charge is 2.20. The molecule has 0 spiro atoms. The summed E-state index contributed by atoms with van der Waals surface area (Å²) < 4.78 is 12.8. The highest BCUT2D eigenvalue weighted by molar-refractivity contribution is 6.24. The fraction of sp³-hybridized carbons (Fsp3) is 0. The zero-order valence-electron chi connectivity index (χ0n) is 18.2. The first-order valence-electron chi connectivity index (χ1n) is 11.5. The predicted octanol–water partition coefficient (Wildman–Crippen LogP) is 9.46. The Morgan fingerprint density at radius 1 is 0.412 bits per heavy atom. The predicted molar refractivity (Wildman–Crippen MR) is 141 cm³/mol. The van der Waals surface area contributed by atoms with E-state index in [2.05, 4.69) is 91.0 Å². The number of benzene rings is 6. The standard InChI is InChI=1S/C32H18O2/c1-3-10-21-19(8-1)18-20-9-2-4-11-22(20)29(21)25-13-7-15-28-30(25)26-17-16-24-23-12-5-6-14-27(23)33-31(24)32(26)34-28/h1-18H. The van der Waals surface area contributed by atoms with Crippen LogP contribution in [0.4, 0.5) is 0 Å². The number of para-hydroxylation sites is 1. The van der Waals surface area contributed by atoms with Gasteiger partial charge in [-0.2, -0.15) is 0 Å². The molecule has 0 saturated heterocycles. The Labute approximate surface area is 194 Å². The van der Waals surface area contributed by atoms with Crippen molar-refractivity contribution in [2.75, 3.05) is 0 Å². The van der Waals surface area contributed by atoms with E-state index in [4.69, 9.17) is 8.83 Å². The molecule has 0 fully saturated rings. The summed E-state index contributed by atoms with van der Waals surface area (Å²) in [5.74, 6) is 0. The van der Waals surface area contributed by atoms with Gasteiger partial charge in [0.2, 0.25) is 0 Å². The van der Waals surface area contributed by atoms with Gasteiger partial charge in [-0.25, -0.2) is 0 Å². The number of hydrogen-bond donors (Lipinski definition) is 0. The quantitative estimate of drug-likeness (QED) is 0.240. The van der Waals surface area contributed by atoms with Crippen LogP contribution in [0.25, 0.3) is 76.5 Å². The molecule has 2 heterocycles. The molecule has 0 bridgehead atoms. The molecule has 0 aliphatic carbocycles. The van der Waals surface area contributed by atoms with Crippen LogP contribution in [0.1, 0.15) is 0 Å². The maximum Gasteiger partial charge on any atom is 0.178 e. The number of hydrogen-bond acceptors (Lipinski definition) is 2.